The molecule has 1 nitrogen and oxygen atoms in total. The molecular formula is C5H10OS. The summed E-state index contributed by atoms with van der Waals surface area (Å²) in [4.78, 5) is 0. The van der Waals surface area contributed by atoms with Gasteiger partial charge in [-0.05, 0) is 5.75 Å². The van der Waals surface area contributed by atoms with Crippen LogP contribution in [0.15, 0.2) is 0 Å². The number of ether oxygens (including phenoxy) is 1. The summed E-state index contributed by atoms with van der Waals surface area (Å²) in [6.45, 7) is 3.18. The Labute approximate surface area is 48.4 Å². The van der Waals surface area contributed by atoms with E-state index in [-0.39, 0.29) is 0 Å². The van der Waals surface area contributed by atoms with E-state index >= 15 is 0 Å². The maximum atomic E-state index is 4.99. The fraction of sp³-hybridized carbons (Fsp3) is 1.00. The second-order valence-corrected chi connectivity index (χ2v) is 2.93. The molecule has 0 N–H and O–H groups in total. The van der Waals surface area contributed by atoms with Crippen molar-refractivity contribution < 1.29 is 4.74 Å². The summed E-state index contributed by atoms with van der Waals surface area (Å²) >= 11 is 1.95. The van der Waals surface area contributed by atoms with Crippen molar-refractivity contribution in [1.82, 2.24) is 0 Å². The van der Waals surface area contributed by atoms with Crippen molar-refractivity contribution in [3.63, 3.8) is 0 Å². The first-order chi connectivity index (χ1) is 3.43. The van der Waals surface area contributed by atoms with Crippen LogP contribution in [-0.4, -0.2) is 24.2 Å². The largest absolute Gasteiger partial charge is 0.372 e. The minimum Gasteiger partial charge on any atom is -0.372 e. The average molecular weight is 118 g/mol. The Morgan fingerprint density at radius 2 is 2.57 bits per heavy atom. The first kappa shape index (κ1) is 5.45. The summed E-state index contributed by atoms with van der Waals surface area (Å²) in [6, 6.07) is 0. The van der Waals surface area contributed by atoms with Crippen molar-refractivity contribution in [3.8, 4) is 0 Å². The maximum Gasteiger partial charge on any atom is 0.0900 e. The predicted molar refractivity (Wildman–Crippen MR) is 32.7 cm³/mol. The molecule has 0 spiro atoms. The van der Waals surface area contributed by atoms with Crippen LogP contribution in [0.1, 0.15) is 6.92 Å². The second kappa shape index (κ2) is 2.58. The van der Waals surface area contributed by atoms with Crippen LogP contribution in [0.2, 0.25) is 0 Å². The molecule has 0 aromatic heterocycles. The Balaban J connectivity index is 1.80. The van der Waals surface area contributed by atoms with Gasteiger partial charge in [-0.1, -0.05) is 6.92 Å². The minimum absolute atomic E-state index is 0.616. The Morgan fingerprint density at radius 1 is 1.86 bits per heavy atom. The summed E-state index contributed by atoms with van der Waals surface area (Å²) in [5.41, 5.74) is 0. The van der Waals surface area contributed by atoms with Crippen LogP contribution >= 0.6 is 11.8 Å². The van der Waals surface area contributed by atoms with E-state index in [1.807, 2.05) is 11.8 Å². The van der Waals surface area contributed by atoms with Crippen LogP contribution in [0.25, 0.3) is 0 Å². The molecule has 1 aliphatic heterocycles. The molecule has 0 amide bonds. The molecular weight excluding hydrogens is 108 g/mol. The van der Waals surface area contributed by atoms with Crippen LogP contribution in [0, 0.1) is 0 Å². The lowest BCUT2D eigenvalue weighted by Crippen LogP contribution is -1.87. The van der Waals surface area contributed by atoms with E-state index in [1.165, 1.54) is 11.5 Å². The molecule has 0 bridgehead atoms. The first-order valence-corrected chi connectivity index (χ1v) is 3.78. The summed E-state index contributed by atoms with van der Waals surface area (Å²) in [5.74, 6) is 2.43. The molecule has 7 heavy (non-hydrogen) atoms. The monoisotopic (exact) mass is 118 g/mol. The minimum atomic E-state index is 0.616. The highest BCUT2D eigenvalue weighted by Crippen LogP contribution is 2.14. The Bertz CT molecular complexity index is 52.0. The van der Waals surface area contributed by atoms with Crippen LogP contribution in [0.4, 0.5) is 0 Å². The molecule has 1 atom stereocenters. The van der Waals surface area contributed by atoms with E-state index in [0.29, 0.717) is 6.10 Å². The highest BCUT2D eigenvalue weighted by molar-refractivity contribution is 7.99. The second-order valence-electron chi connectivity index (χ2n) is 1.61. The third-order valence-corrected chi connectivity index (χ3v) is 1.93. The van der Waals surface area contributed by atoms with Gasteiger partial charge in [-0.2, -0.15) is 11.8 Å². The molecule has 1 aliphatic rings. The lowest BCUT2D eigenvalue weighted by molar-refractivity contribution is 0.426. The van der Waals surface area contributed by atoms with Crippen LogP contribution in [0.5, 0.6) is 0 Å². The van der Waals surface area contributed by atoms with Gasteiger partial charge >= 0.3 is 0 Å². The Morgan fingerprint density at radius 3 is 3.00 bits per heavy atom. The van der Waals surface area contributed by atoms with Crippen molar-refractivity contribution in [1.29, 1.82) is 0 Å². The smallest absolute Gasteiger partial charge is 0.0900 e. The number of rotatable bonds is 3. The summed E-state index contributed by atoms with van der Waals surface area (Å²) < 4.78 is 4.99. The SMILES string of the molecule is CCSC[C@H]1CO1. The summed E-state index contributed by atoms with van der Waals surface area (Å²) in [7, 11) is 0. The molecule has 1 saturated heterocycles. The molecule has 42 valence electrons. The Hall–Kier alpha value is 0.310. The normalized spacial score (nSPS) is 27.9. The molecule has 0 aliphatic carbocycles. The van der Waals surface area contributed by atoms with Gasteiger partial charge in [-0.25, -0.2) is 0 Å². The zero-order valence-electron chi connectivity index (χ0n) is 4.52. The fourth-order valence-electron chi connectivity index (χ4n) is 0.414. The molecule has 1 rings (SSSR count). The van der Waals surface area contributed by atoms with Gasteiger partial charge in [-0.3, -0.25) is 0 Å². The maximum absolute atomic E-state index is 4.99. The van der Waals surface area contributed by atoms with Gasteiger partial charge in [0.2, 0.25) is 0 Å². The molecule has 0 unspecified atom stereocenters. The number of hydrogen-bond acceptors (Lipinski definition) is 2. The molecule has 0 aromatic rings. The van der Waals surface area contributed by atoms with E-state index in [4.69, 9.17) is 4.74 Å². The standard InChI is InChI=1S/C5H10OS/c1-2-7-4-5-3-6-5/h5H,2-4H2,1H3/t5-/m1/s1. The van der Waals surface area contributed by atoms with Gasteiger partial charge < -0.3 is 4.74 Å². The summed E-state index contributed by atoms with van der Waals surface area (Å²) in [6.07, 6.45) is 0.616. The third kappa shape index (κ3) is 2.19. The van der Waals surface area contributed by atoms with Gasteiger partial charge in [0, 0.05) is 5.75 Å². The fourth-order valence-corrected chi connectivity index (χ4v) is 1.10. The lowest BCUT2D eigenvalue weighted by Gasteiger charge is -1.87. The highest BCUT2D eigenvalue weighted by Gasteiger charge is 2.20. The Kier molecular flexibility index (Phi) is 2.00. The van der Waals surface area contributed by atoms with Gasteiger partial charge in [0.05, 0.1) is 12.7 Å². The van der Waals surface area contributed by atoms with Crippen molar-refractivity contribution in [2.24, 2.45) is 0 Å². The molecule has 0 aromatic carbocycles. The zero-order valence-corrected chi connectivity index (χ0v) is 5.33. The molecule has 1 fully saturated rings. The van der Waals surface area contributed by atoms with Crippen LogP contribution in [0.3, 0.4) is 0 Å². The van der Waals surface area contributed by atoms with Crippen molar-refractivity contribution >= 4 is 11.8 Å². The van der Waals surface area contributed by atoms with Crippen LogP contribution < -0.4 is 0 Å². The third-order valence-electron chi connectivity index (χ3n) is 0.910. The van der Waals surface area contributed by atoms with Crippen molar-refractivity contribution in [2.75, 3.05) is 18.1 Å². The van der Waals surface area contributed by atoms with E-state index in [1.54, 1.807) is 0 Å². The van der Waals surface area contributed by atoms with Gasteiger partial charge in [-0.15, -0.1) is 0 Å². The lowest BCUT2D eigenvalue weighted by atomic mass is 10.6. The van der Waals surface area contributed by atoms with E-state index in [9.17, 15) is 0 Å². The van der Waals surface area contributed by atoms with E-state index in [2.05, 4.69) is 6.92 Å². The number of hydrogen-bond donors (Lipinski definition) is 0. The topological polar surface area (TPSA) is 12.5 Å². The van der Waals surface area contributed by atoms with Gasteiger partial charge in [0.25, 0.3) is 0 Å². The predicted octanol–water partition coefficient (Wildman–Crippen LogP) is 1.14. The molecule has 0 saturated carbocycles. The van der Waals surface area contributed by atoms with Gasteiger partial charge in [0.15, 0.2) is 0 Å². The number of epoxide rings is 1. The molecule has 0 radical (unpaired) electrons. The summed E-state index contributed by atoms with van der Waals surface area (Å²) in [5, 5.41) is 0. The highest BCUT2D eigenvalue weighted by atomic mass is 32.2. The number of thioether (sulfide) groups is 1. The first-order valence-electron chi connectivity index (χ1n) is 2.63. The van der Waals surface area contributed by atoms with E-state index < -0.39 is 0 Å². The van der Waals surface area contributed by atoms with E-state index in [0.717, 1.165) is 6.61 Å². The van der Waals surface area contributed by atoms with Crippen molar-refractivity contribution in [3.05, 3.63) is 0 Å². The van der Waals surface area contributed by atoms with Crippen molar-refractivity contribution in [2.45, 2.75) is 13.0 Å². The average Bonchev–Trinajstić information content (AvgIpc) is 2.42. The van der Waals surface area contributed by atoms with Gasteiger partial charge in [0.1, 0.15) is 0 Å². The molecule has 1 heterocycles. The molecule has 2 heteroatoms. The zero-order chi connectivity index (χ0) is 5.11. The van der Waals surface area contributed by atoms with Crippen LogP contribution in [-0.2, 0) is 4.74 Å². The quantitative estimate of drug-likeness (QED) is 0.515.